The molecule has 0 heterocycles. The Bertz CT molecular complexity index is 990. The Morgan fingerprint density at radius 3 is 2.75 bits per heavy atom. The second-order valence-electron chi connectivity index (χ2n) is 9.55. The molecule has 1 saturated carbocycles. The number of nitrogens with two attached hydrogens (primary N) is 1. The van der Waals surface area contributed by atoms with E-state index in [0.717, 1.165) is 31.4 Å². The van der Waals surface area contributed by atoms with Gasteiger partial charge in [0.2, 0.25) is 0 Å². The van der Waals surface area contributed by atoms with Gasteiger partial charge in [-0.1, -0.05) is 36.4 Å². The van der Waals surface area contributed by atoms with Crippen molar-refractivity contribution in [1.82, 2.24) is 0 Å². The summed E-state index contributed by atoms with van der Waals surface area (Å²) >= 11 is 0. The lowest BCUT2D eigenvalue weighted by Crippen LogP contribution is -2.41. The summed E-state index contributed by atoms with van der Waals surface area (Å²) in [7, 11) is -2.76. The highest BCUT2D eigenvalue weighted by molar-refractivity contribution is 7.46. The van der Waals surface area contributed by atoms with Crippen LogP contribution in [-0.2, 0) is 28.4 Å². The van der Waals surface area contributed by atoms with Gasteiger partial charge >= 0.3 is 7.82 Å². The van der Waals surface area contributed by atoms with E-state index in [1.165, 1.54) is 35.1 Å². The number of hydrogen-bond acceptors (Lipinski definition) is 4. The predicted molar refractivity (Wildman–Crippen MR) is 125 cm³/mol. The second kappa shape index (κ2) is 9.66. The van der Waals surface area contributed by atoms with Crippen molar-refractivity contribution in [2.45, 2.75) is 62.8 Å². The van der Waals surface area contributed by atoms with Crippen LogP contribution in [0.3, 0.4) is 0 Å². The Hall–Kier alpha value is -1.69. The maximum absolute atomic E-state index is 11.0. The zero-order valence-corrected chi connectivity index (χ0v) is 19.6. The molecule has 2 aromatic carbocycles. The molecule has 6 nitrogen and oxygen atoms in total. The number of phosphoric ester groups is 1. The molecule has 174 valence electrons. The first kappa shape index (κ1) is 23.5. The van der Waals surface area contributed by atoms with Crippen LogP contribution in [0, 0.1) is 5.92 Å². The fourth-order valence-electron chi connectivity index (χ4n) is 5.40. The molecule has 2 aliphatic rings. The lowest BCUT2D eigenvalue weighted by atomic mass is 9.79. The lowest BCUT2D eigenvalue weighted by Gasteiger charge is -2.27. The Balaban J connectivity index is 1.35. The van der Waals surface area contributed by atoms with E-state index < -0.39 is 13.4 Å². The highest BCUT2D eigenvalue weighted by atomic mass is 31.2. The van der Waals surface area contributed by atoms with Crippen molar-refractivity contribution < 1.29 is 23.6 Å². The highest BCUT2D eigenvalue weighted by Crippen LogP contribution is 2.44. The van der Waals surface area contributed by atoms with Crippen LogP contribution in [0.25, 0.3) is 0 Å². The van der Waals surface area contributed by atoms with Crippen LogP contribution in [0.1, 0.15) is 60.3 Å². The van der Waals surface area contributed by atoms with E-state index in [9.17, 15) is 4.57 Å². The van der Waals surface area contributed by atoms with Crippen molar-refractivity contribution in [2.75, 3.05) is 13.7 Å². The summed E-state index contributed by atoms with van der Waals surface area (Å²) < 4.78 is 21.2. The van der Waals surface area contributed by atoms with Gasteiger partial charge in [0.05, 0.1) is 13.7 Å². The average molecular weight is 460 g/mol. The molecule has 1 fully saturated rings. The van der Waals surface area contributed by atoms with Crippen molar-refractivity contribution in [3.05, 3.63) is 64.7 Å². The third-order valence-corrected chi connectivity index (χ3v) is 7.68. The summed E-state index contributed by atoms with van der Waals surface area (Å²) in [5, 5.41) is 0. The Morgan fingerprint density at radius 2 is 1.97 bits per heavy atom. The molecular formula is C25H34NO5P. The number of benzene rings is 2. The van der Waals surface area contributed by atoms with Crippen LogP contribution in [0.4, 0.5) is 0 Å². The minimum atomic E-state index is -4.49. The minimum absolute atomic E-state index is 0.105. The predicted octanol–water partition coefficient (Wildman–Crippen LogP) is 4.51. The summed E-state index contributed by atoms with van der Waals surface area (Å²) in [6.07, 6.45) is 7.94. The standard InChI is InChI=1S/C25H34NO5P/c1-30-24-5-3-2-4-19(24)8-6-18-7-9-21-15-22(11-10-20(21)14-18)23-12-13-25(26,16-23)17-31-32(27,28)29/h2-5,10-11,15,18,23H,6-9,12-14,16-17,26H2,1H3,(H2,27,28,29)/t18-,23-,25+/m0/s1. The summed E-state index contributed by atoms with van der Waals surface area (Å²) in [6.45, 7) is -0.105. The van der Waals surface area contributed by atoms with E-state index >= 15 is 0 Å². The van der Waals surface area contributed by atoms with E-state index in [0.29, 0.717) is 24.7 Å². The van der Waals surface area contributed by atoms with Gasteiger partial charge in [-0.2, -0.15) is 0 Å². The van der Waals surface area contributed by atoms with E-state index in [-0.39, 0.29) is 6.61 Å². The van der Waals surface area contributed by atoms with E-state index in [4.69, 9.17) is 24.8 Å². The Kier molecular flexibility index (Phi) is 7.09. The van der Waals surface area contributed by atoms with Crippen molar-refractivity contribution in [2.24, 2.45) is 11.7 Å². The second-order valence-corrected chi connectivity index (χ2v) is 10.8. The van der Waals surface area contributed by atoms with Gasteiger partial charge in [-0.3, -0.25) is 4.52 Å². The molecule has 3 atom stereocenters. The van der Waals surface area contributed by atoms with Gasteiger partial charge in [-0.25, -0.2) is 4.57 Å². The van der Waals surface area contributed by atoms with Crippen LogP contribution in [0.2, 0.25) is 0 Å². The van der Waals surface area contributed by atoms with Crippen molar-refractivity contribution in [1.29, 1.82) is 0 Å². The molecule has 0 radical (unpaired) electrons. The molecule has 2 aromatic rings. The number of methoxy groups -OCH3 is 1. The molecule has 0 saturated heterocycles. The molecule has 0 spiro atoms. The molecule has 7 heteroatoms. The van der Waals surface area contributed by atoms with Crippen molar-refractivity contribution >= 4 is 7.82 Å². The zero-order chi connectivity index (χ0) is 22.8. The normalized spacial score (nSPS) is 25.5. The first-order chi connectivity index (χ1) is 15.2. The van der Waals surface area contributed by atoms with Crippen LogP contribution in [-0.4, -0.2) is 29.0 Å². The summed E-state index contributed by atoms with van der Waals surface area (Å²) in [6, 6.07) is 15.1. The number of fused-ring (bicyclic) bond motifs is 1. The molecule has 0 bridgehead atoms. The molecule has 0 amide bonds. The van der Waals surface area contributed by atoms with Crippen LogP contribution in [0.5, 0.6) is 5.75 Å². The number of aryl methyl sites for hydroxylation is 2. The number of hydrogen-bond donors (Lipinski definition) is 3. The largest absolute Gasteiger partial charge is 0.496 e. The molecule has 2 aliphatic carbocycles. The monoisotopic (exact) mass is 459 g/mol. The third-order valence-electron chi connectivity index (χ3n) is 7.21. The van der Waals surface area contributed by atoms with Crippen molar-refractivity contribution in [3.8, 4) is 5.75 Å². The smallest absolute Gasteiger partial charge is 0.469 e. The number of phosphoric acid groups is 1. The third kappa shape index (κ3) is 5.81. The van der Waals surface area contributed by atoms with Crippen LogP contribution < -0.4 is 10.5 Å². The summed E-state index contributed by atoms with van der Waals surface area (Å²) in [5.74, 6) is 1.98. The SMILES string of the molecule is COc1ccccc1CC[C@H]1CCc2cc([C@H]3CC[C@](N)(COP(=O)(O)O)C3)ccc2C1. The van der Waals surface area contributed by atoms with E-state index in [2.05, 4.69) is 30.3 Å². The van der Waals surface area contributed by atoms with Gasteiger partial charge in [0.15, 0.2) is 0 Å². The number of rotatable bonds is 8. The van der Waals surface area contributed by atoms with Gasteiger partial charge in [-0.15, -0.1) is 0 Å². The molecule has 4 rings (SSSR count). The first-order valence-electron chi connectivity index (χ1n) is 11.5. The number of ether oxygens (including phenoxy) is 1. The Labute approximate surface area is 190 Å². The van der Waals surface area contributed by atoms with Gasteiger partial charge in [0.25, 0.3) is 0 Å². The fraction of sp³-hybridized carbons (Fsp3) is 0.520. The zero-order valence-electron chi connectivity index (χ0n) is 18.7. The van der Waals surface area contributed by atoms with Gasteiger partial charge < -0.3 is 20.3 Å². The number of para-hydroxylation sites is 1. The van der Waals surface area contributed by atoms with E-state index in [1.54, 1.807) is 7.11 Å². The van der Waals surface area contributed by atoms with Gasteiger partial charge in [-0.05, 0) is 91.5 Å². The lowest BCUT2D eigenvalue weighted by molar-refractivity contribution is 0.153. The fourth-order valence-corrected chi connectivity index (χ4v) is 5.83. The molecular weight excluding hydrogens is 425 g/mol. The first-order valence-corrected chi connectivity index (χ1v) is 13.0. The topological polar surface area (TPSA) is 102 Å². The maximum atomic E-state index is 11.0. The quantitative estimate of drug-likeness (QED) is 0.502. The summed E-state index contributed by atoms with van der Waals surface area (Å²) in [4.78, 5) is 18.0. The van der Waals surface area contributed by atoms with E-state index in [1.807, 2.05) is 12.1 Å². The summed E-state index contributed by atoms with van der Waals surface area (Å²) in [5.41, 5.74) is 11.2. The Morgan fingerprint density at radius 1 is 1.16 bits per heavy atom. The molecule has 0 aromatic heterocycles. The minimum Gasteiger partial charge on any atom is -0.496 e. The van der Waals surface area contributed by atoms with Crippen molar-refractivity contribution in [3.63, 3.8) is 0 Å². The van der Waals surface area contributed by atoms with Gasteiger partial charge in [0, 0.05) is 5.54 Å². The average Bonchev–Trinajstić information content (AvgIpc) is 3.18. The molecule has 4 N–H and O–H groups in total. The molecule has 0 aliphatic heterocycles. The molecule has 32 heavy (non-hydrogen) atoms. The maximum Gasteiger partial charge on any atom is 0.469 e. The van der Waals surface area contributed by atoms with Gasteiger partial charge in [0.1, 0.15) is 5.75 Å². The van der Waals surface area contributed by atoms with Crippen LogP contribution >= 0.6 is 7.82 Å². The highest BCUT2D eigenvalue weighted by Gasteiger charge is 2.38. The molecule has 0 unspecified atom stereocenters. The van der Waals surface area contributed by atoms with Crippen LogP contribution in [0.15, 0.2) is 42.5 Å².